The third-order valence-corrected chi connectivity index (χ3v) is 6.82. The molecule has 1 aliphatic heterocycles. The van der Waals surface area contributed by atoms with E-state index in [0.29, 0.717) is 37.0 Å². The lowest BCUT2D eigenvalue weighted by Crippen LogP contribution is -2.39. The highest BCUT2D eigenvalue weighted by atomic mass is 35.5. The number of unbranched alkanes of at least 4 members (excludes halogenated alkanes) is 4. The first-order valence-electron chi connectivity index (χ1n) is 12.0. The van der Waals surface area contributed by atoms with Gasteiger partial charge in [-0.1, -0.05) is 68.9 Å². The molecule has 180 valence electrons. The van der Waals surface area contributed by atoms with Crippen molar-refractivity contribution < 1.29 is 19.1 Å². The maximum absolute atomic E-state index is 12.7. The molecular formula is C26H40ClNO4. The Morgan fingerprint density at radius 2 is 2.09 bits per heavy atom. The van der Waals surface area contributed by atoms with Crippen LogP contribution in [0.25, 0.3) is 0 Å². The minimum atomic E-state index is -0.958. The quantitative estimate of drug-likeness (QED) is 0.176. The van der Waals surface area contributed by atoms with E-state index >= 15 is 0 Å². The van der Waals surface area contributed by atoms with Crippen molar-refractivity contribution >= 4 is 23.3 Å². The molecule has 0 bridgehead atoms. The summed E-state index contributed by atoms with van der Waals surface area (Å²) in [5.74, 6) is -0.0171. The lowest BCUT2D eigenvalue weighted by molar-refractivity contribution is -0.129. The molecule has 0 aromatic heterocycles. The molecule has 0 aromatic rings. The van der Waals surface area contributed by atoms with Crippen LogP contribution in [0.15, 0.2) is 34.9 Å². The number of halogens is 1. The molecule has 0 unspecified atom stereocenters. The monoisotopic (exact) mass is 465 g/mol. The van der Waals surface area contributed by atoms with E-state index in [1.165, 1.54) is 37.6 Å². The molecule has 0 saturated carbocycles. The summed E-state index contributed by atoms with van der Waals surface area (Å²) in [6.45, 7) is 4.33. The van der Waals surface area contributed by atoms with E-state index in [-0.39, 0.29) is 23.9 Å². The smallest absolute Gasteiger partial charge is 0.222 e. The molecule has 6 heteroatoms. The number of hydrogen-bond donors (Lipinski definition) is 0. The van der Waals surface area contributed by atoms with Gasteiger partial charge in [-0.25, -0.2) is 0 Å². The van der Waals surface area contributed by atoms with Crippen LogP contribution in [0.4, 0.5) is 0 Å². The lowest BCUT2D eigenvalue weighted by Gasteiger charge is -2.24. The van der Waals surface area contributed by atoms with E-state index in [1.54, 1.807) is 26.0 Å². The number of fused-ring (bicyclic) bond motifs is 1. The van der Waals surface area contributed by atoms with Crippen LogP contribution in [0.1, 0.15) is 78.1 Å². The molecule has 2 aliphatic rings. The van der Waals surface area contributed by atoms with E-state index in [4.69, 9.17) is 21.1 Å². The minimum Gasteiger partial charge on any atom is -0.381 e. The summed E-state index contributed by atoms with van der Waals surface area (Å²) in [5.41, 5.74) is 1.81. The number of amides is 1. The van der Waals surface area contributed by atoms with E-state index in [2.05, 4.69) is 19.1 Å². The summed E-state index contributed by atoms with van der Waals surface area (Å²) < 4.78 is 11.3. The zero-order valence-electron chi connectivity index (χ0n) is 20.2. The average molecular weight is 466 g/mol. The van der Waals surface area contributed by atoms with Crippen LogP contribution in [0.5, 0.6) is 0 Å². The van der Waals surface area contributed by atoms with E-state index < -0.39 is 5.60 Å². The van der Waals surface area contributed by atoms with Crippen LogP contribution in [0.3, 0.4) is 0 Å². The number of allylic oxidation sites excluding steroid dienone is 1. The van der Waals surface area contributed by atoms with Gasteiger partial charge in [0.2, 0.25) is 5.91 Å². The topological polar surface area (TPSA) is 59.1 Å². The normalized spacial score (nSPS) is 23.8. The number of Topliss-reactive ketones (excluding diaryl/α,β-unsaturated/α-hetero) is 1. The fourth-order valence-corrected chi connectivity index (χ4v) is 4.58. The molecule has 32 heavy (non-hydrogen) atoms. The second-order valence-electron chi connectivity index (χ2n) is 8.98. The van der Waals surface area contributed by atoms with Crippen molar-refractivity contribution in [3.63, 3.8) is 0 Å². The summed E-state index contributed by atoms with van der Waals surface area (Å²) >= 11 is 6.05. The van der Waals surface area contributed by atoms with Gasteiger partial charge in [0, 0.05) is 38.2 Å². The molecule has 0 spiro atoms. The van der Waals surface area contributed by atoms with Gasteiger partial charge in [0.1, 0.15) is 6.10 Å². The first kappa shape index (κ1) is 26.8. The predicted octanol–water partition coefficient (Wildman–Crippen LogP) is 5.73. The number of nitrogens with zero attached hydrogens (tertiary/aromatic N) is 1. The Morgan fingerprint density at radius 3 is 2.78 bits per heavy atom. The molecule has 0 radical (unpaired) electrons. The van der Waals surface area contributed by atoms with Crippen LogP contribution in [0, 0.1) is 0 Å². The number of hydrogen-bond acceptors (Lipinski definition) is 4. The Hall–Kier alpha value is -1.43. The molecule has 0 aromatic carbocycles. The van der Waals surface area contributed by atoms with Crippen molar-refractivity contribution in [2.24, 2.45) is 0 Å². The summed E-state index contributed by atoms with van der Waals surface area (Å²) in [6, 6.07) is 0. The Morgan fingerprint density at radius 1 is 1.34 bits per heavy atom. The fraction of sp³-hybridized carbons (Fsp3) is 0.692. The second-order valence-corrected chi connectivity index (χ2v) is 9.20. The first-order chi connectivity index (χ1) is 15.4. The molecule has 1 heterocycles. The van der Waals surface area contributed by atoms with Gasteiger partial charge in [-0.3, -0.25) is 9.59 Å². The van der Waals surface area contributed by atoms with Gasteiger partial charge in [-0.15, -0.1) is 0 Å². The minimum absolute atomic E-state index is 0.0222. The van der Waals surface area contributed by atoms with Gasteiger partial charge >= 0.3 is 0 Å². The van der Waals surface area contributed by atoms with Crippen LogP contribution < -0.4 is 0 Å². The summed E-state index contributed by atoms with van der Waals surface area (Å²) in [7, 11) is 3.52. The third kappa shape index (κ3) is 7.03. The summed E-state index contributed by atoms with van der Waals surface area (Å²) in [6.07, 6.45) is 16.3. The highest BCUT2D eigenvalue weighted by Crippen LogP contribution is 2.50. The third-order valence-electron chi connectivity index (χ3n) is 6.55. The van der Waals surface area contributed by atoms with E-state index in [0.717, 1.165) is 12.8 Å². The number of carbonyl (C=O) groups is 2. The number of rotatable bonds is 15. The van der Waals surface area contributed by atoms with Gasteiger partial charge in [0.15, 0.2) is 11.4 Å². The lowest BCUT2D eigenvalue weighted by atomic mass is 9.82. The predicted molar refractivity (Wildman–Crippen MR) is 130 cm³/mol. The largest absolute Gasteiger partial charge is 0.381 e. The van der Waals surface area contributed by atoms with Crippen molar-refractivity contribution in [1.29, 1.82) is 0 Å². The van der Waals surface area contributed by atoms with Gasteiger partial charge in [-0.05, 0) is 38.2 Å². The zero-order valence-corrected chi connectivity index (χ0v) is 21.0. The molecule has 0 N–H and O–H groups in total. The molecule has 3 atom stereocenters. The standard InChI is InChI=1S/C26H40ClNO4/c1-5-6-7-8-10-13-22(31-4)14-11-9-12-15-24(29)28(3)19-21(18-27)26-23(32-26)17-16-20(2)25(26)30/h9,11,16,18,22-23H,5-8,10,12-15,17,19H2,1-4H3/b11-9+,21-18+/t22-,23-,26-/m0/s1. The van der Waals surface area contributed by atoms with Gasteiger partial charge in [0.25, 0.3) is 0 Å². The van der Waals surface area contributed by atoms with Crippen molar-refractivity contribution in [2.75, 3.05) is 20.7 Å². The van der Waals surface area contributed by atoms with E-state index in [1.807, 2.05) is 6.08 Å². The van der Waals surface area contributed by atoms with E-state index in [9.17, 15) is 9.59 Å². The van der Waals surface area contributed by atoms with Crippen molar-refractivity contribution in [3.05, 3.63) is 34.9 Å². The highest BCUT2D eigenvalue weighted by molar-refractivity contribution is 6.26. The Labute approximate surface area is 198 Å². The Bertz CT molecular complexity index is 729. The van der Waals surface area contributed by atoms with Crippen molar-refractivity contribution in [2.45, 2.75) is 95.9 Å². The zero-order chi connectivity index (χ0) is 23.6. The maximum Gasteiger partial charge on any atom is 0.222 e. The van der Waals surface area contributed by atoms with Crippen molar-refractivity contribution in [1.82, 2.24) is 4.90 Å². The fourth-order valence-electron chi connectivity index (χ4n) is 4.35. The number of ether oxygens (including phenoxy) is 2. The maximum atomic E-state index is 12.7. The number of carbonyl (C=O) groups excluding carboxylic acids is 2. The van der Waals surface area contributed by atoms with Gasteiger partial charge in [0.05, 0.1) is 6.10 Å². The second kappa shape index (κ2) is 13.3. The molecule has 1 amide bonds. The summed E-state index contributed by atoms with van der Waals surface area (Å²) in [4.78, 5) is 26.9. The number of ketones is 1. The Kier molecular flexibility index (Phi) is 11.2. The molecule has 2 rings (SSSR count). The molecule has 1 aliphatic carbocycles. The molecule has 1 saturated heterocycles. The number of likely N-dealkylation sites (N-methyl/N-ethyl adjacent to an activating group) is 1. The van der Waals surface area contributed by atoms with Crippen LogP contribution in [0.2, 0.25) is 0 Å². The van der Waals surface area contributed by atoms with Crippen molar-refractivity contribution in [3.8, 4) is 0 Å². The number of epoxide rings is 1. The SMILES string of the molecule is CCCCCCC[C@@H](C/C=C/CCC(=O)N(C)C/C(=C\Cl)[C@]12O[C@H]1CC=C(C)C2=O)OC. The molecule has 1 fully saturated rings. The van der Waals surface area contributed by atoms with Gasteiger partial charge < -0.3 is 14.4 Å². The molecular weight excluding hydrogens is 426 g/mol. The Balaban J connectivity index is 1.71. The summed E-state index contributed by atoms with van der Waals surface area (Å²) in [5, 5.41) is 0. The number of methoxy groups -OCH3 is 1. The van der Waals surface area contributed by atoms with Crippen LogP contribution in [-0.4, -0.2) is 55.1 Å². The van der Waals surface area contributed by atoms with Crippen LogP contribution in [-0.2, 0) is 19.1 Å². The van der Waals surface area contributed by atoms with Gasteiger partial charge in [-0.2, -0.15) is 0 Å². The van der Waals surface area contributed by atoms with Crippen LogP contribution >= 0.6 is 11.6 Å². The first-order valence-corrected chi connectivity index (χ1v) is 12.4. The highest BCUT2D eigenvalue weighted by Gasteiger charge is 2.65. The average Bonchev–Trinajstić information content (AvgIpc) is 3.54. The molecule has 5 nitrogen and oxygen atoms in total.